The minimum absolute atomic E-state index is 0.0376. The van der Waals surface area contributed by atoms with E-state index in [0.717, 1.165) is 6.42 Å². The largest absolute Gasteiger partial charge is 0.385 e. The molecule has 0 aliphatic rings. The van der Waals surface area contributed by atoms with Crippen molar-refractivity contribution in [1.82, 2.24) is 0 Å². The summed E-state index contributed by atoms with van der Waals surface area (Å²) in [6.45, 7) is 6.33. The van der Waals surface area contributed by atoms with Crippen LogP contribution in [0.15, 0.2) is 0 Å². The van der Waals surface area contributed by atoms with E-state index in [-0.39, 0.29) is 18.4 Å². The van der Waals surface area contributed by atoms with Gasteiger partial charge in [-0.25, -0.2) is 4.39 Å². The molecule has 2 N–H and O–H groups in total. The van der Waals surface area contributed by atoms with E-state index >= 15 is 0 Å². The van der Waals surface area contributed by atoms with Crippen LogP contribution in [0, 0.1) is 11.8 Å². The van der Waals surface area contributed by atoms with Crippen molar-refractivity contribution in [2.75, 3.05) is 20.3 Å². The summed E-state index contributed by atoms with van der Waals surface area (Å²) in [6, 6.07) is 0. The molecular formula is C10H22FNO. The summed E-state index contributed by atoms with van der Waals surface area (Å²) < 4.78 is 19.1. The first-order valence-corrected chi connectivity index (χ1v) is 4.87. The molecule has 0 aliphatic heterocycles. The summed E-state index contributed by atoms with van der Waals surface area (Å²) in [5.41, 5.74) is 4.21. The highest BCUT2D eigenvalue weighted by molar-refractivity contribution is 4.88. The number of hydrogen-bond acceptors (Lipinski definition) is 2. The molecule has 0 bridgehead atoms. The smallest absolute Gasteiger partial charge is 0.128 e. The molecule has 0 aromatic heterocycles. The summed E-state index contributed by atoms with van der Waals surface area (Å²) in [5, 5.41) is 0. The van der Waals surface area contributed by atoms with Gasteiger partial charge < -0.3 is 10.5 Å². The average Bonchev–Trinajstić information content (AvgIpc) is 2.12. The van der Waals surface area contributed by atoms with Crippen LogP contribution in [0.4, 0.5) is 4.39 Å². The molecule has 0 aromatic carbocycles. The van der Waals surface area contributed by atoms with E-state index in [2.05, 4.69) is 0 Å². The van der Waals surface area contributed by atoms with Crippen LogP contribution in [0.1, 0.15) is 27.2 Å². The highest BCUT2D eigenvalue weighted by Crippen LogP contribution is 2.31. The van der Waals surface area contributed by atoms with Gasteiger partial charge in [-0.2, -0.15) is 0 Å². The van der Waals surface area contributed by atoms with E-state index in [4.69, 9.17) is 10.5 Å². The Balaban J connectivity index is 4.20. The monoisotopic (exact) mass is 191 g/mol. The molecule has 0 aliphatic carbocycles. The van der Waals surface area contributed by atoms with Gasteiger partial charge in [0.05, 0.1) is 0 Å². The van der Waals surface area contributed by atoms with Gasteiger partial charge in [0.25, 0.3) is 0 Å². The van der Waals surface area contributed by atoms with Gasteiger partial charge in [-0.05, 0) is 18.3 Å². The first-order chi connectivity index (χ1) is 5.99. The second kappa shape index (κ2) is 5.55. The molecule has 2 unspecified atom stereocenters. The number of halogens is 1. The van der Waals surface area contributed by atoms with E-state index in [1.807, 2.05) is 20.8 Å². The molecule has 0 rings (SSSR count). The lowest BCUT2D eigenvalue weighted by molar-refractivity contribution is 0.0298. The fourth-order valence-electron chi connectivity index (χ4n) is 1.54. The van der Waals surface area contributed by atoms with Crippen LogP contribution >= 0.6 is 0 Å². The van der Waals surface area contributed by atoms with Gasteiger partial charge in [0, 0.05) is 20.3 Å². The minimum atomic E-state index is -1.25. The lowest BCUT2D eigenvalue weighted by Crippen LogP contribution is -2.44. The van der Waals surface area contributed by atoms with Crippen molar-refractivity contribution in [2.45, 2.75) is 32.9 Å². The number of rotatable bonds is 6. The first-order valence-electron chi connectivity index (χ1n) is 4.87. The van der Waals surface area contributed by atoms with Crippen molar-refractivity contribution < 1.29 is 9.13 Å². The molecule has 0 amide bonds. The zero-order chi connectivity index (χ0) is 10.5. The number of alkyl halides is 1. The van der Waals surface area contributed by atoms with Crippen molar-refractivity contribution in [2.24, 2.45) is 17.6 Å². The van der Waals surface area contributed by atoms with E-state index in [9.17, 15) is 4.39 Å². The molecule has 2 nitrogen and oxygen atoms in total. The van der Waals surface area contributed by atoms with Crippen LogP contribution in [-0.4, -0.2) is 25.9 Å². The quantitative estimate of drug-likeness (QED) is 0.696. The van der Waals surface area contributed by atoms with E-state index in [0.29, 0.717) is 6.61 Å². The van der Waals surface area contributed by atoms with Crippen molar-refractivity contribution in [3.8, 4) is 0 Å². The van der Waals surface area contributed by atoms with Gasteiger partial charge in [-0.15, -0.1) is 0 Å². The zero-order valence-corrected chi connectivity index (χ0v) is 9.14. The zero-order valence-electron chi connectivity index (χ0n) is 9.14. The molecule has 2 atom stereocenters. The predicted octanol–water partition coefficient (Wildman–Crippen LogP) is 1.98. The van der Waals surface area contributed by atoms with Gasteiger partial charge in [0.1, 0.15) is 5.67 Å². The lowest BCUT2D eigenvalue weighted by Gasteiger charge is -2.34. The van der Waals surface area contributed by atoms with E-state index in [1.165, 1.54) is 0 Å². The Morgan fingerprint density at radius 2 is 1.92 bits per heavy atom. The molecule has 80 valence electrons. The third kappa shape index (κ3) is 3.24. The predicted molar refractivity (Wildman–Crippen MR) is 53.4 cm³/mol. The summed E-state index contributed by atoms with van der Waals surface area (Å²) in [4.78, 5) is 0. The van der Waals surface area contributed by atoms with E-state index < -0.39 is 5.67 Å². The molecule has 0 radical (unpaired) electrons. The van der Waals surface area contributed by atoms with Crippen LogP contribution in [0.25, 0.3) is 0 Å². The summed E-state index contributed by atoms with van der Waals surface area (Å²) in [6.07, 6.45) is 0.725. The maximum Gasteiger partial charge on any atom is 0.128 e. The average molecular weight is 191 g/mol. The van der Waals surface area contributed by atoms with Crippen molar-refractivity contribution in [3.63, 3.8) is 0 Å². The van der Waals surface area contributed by atoms with Gasteiger partial charge in [-0.1, -0.05) is 20.8 Å². The van der Waals surface area contributed by atoms with Gasteiger partial charge in [0.2, 0.25) is 0 Å². The van der Waals surface area contributed by atoms with Crippen molar-refractivity contribution >= 4 is 0 Å². The second-order valence-electron chi connectivity index (χ2n) is 3.97. The maximum absolute atomic E-state index is 14.2. The number of ether oxygens (including phenoxy) is 1. The standard InChI is InChI=1S/C10H22FNO/c1-8(2)10(11,7-12)9(3)5-6-13-4/h8-9H,5-7,12H2,1-4H3. The van der Waals surface area contributed by atoms with Gasteiger partial charge in [0.15, 0.2) is 0 Å². The third-order valence-electron chi connectivity index (χ3n) is 2.85. The number of hydrogen-bond donors (Lipinski definition) is 1. The van der Waals surface area contributed by atoms with Crippen molar-refractivity contribution in [1.29, 1.82) is 0 Å². The molecule has 0 spiro atoms. The topological polar surface area (TPSA) is 35.2 Å². The Hall–Kier alpha value is -0.150. The minimum Gasteiger partial charge on any atom is -0.385 e. The summed E-state index contributed by atoms with van der Waals surface area (Å²) in [5.74, 6) is -0.0817. The Morgan fingerprint density at radius 1 is 1.38 bits per heavy atom. The molecule has 13 heavy (non-hydrogen) atoms. The van der Waals surface area contributed by atoms with Crippen LogP contribution in [0.5, 0.6) is 0 Å². The maximum atomic E-state index is 14.2. The summed E-state index contributed by atoms with van der Waals surface area (Å²) >= 11 is 0. The molecule has 0 heterocycles. The van der Waals surface area contributed by atoms with Crippen LogP contribution in [0.3, 0.4) is 0 Å². The SMILES string of the molecule is COCCC(C)C(F)(CN)C(C)C. The molecule has 0 fully saturated rings. The first kappa shape index (κ1) is 12.8. The van der Waals surface area contributed by atoms with Gasteiger partial charge in [-0.3, -0.25) is 0 Å². The van der Waals surface area contributed by atoms with E-state index in [1.54, 1.807) is 7.11 Å². The third-order valence-corrected chi connectivity index (χ3v) is 2.85. The number of nitrogens with two attached hydrogens (primary N) is 1. The Labute approximate surface area is 80.6 Å². The van der Waals surface area contributed by atoms with Crippen molar-refractivity contribution in [3.05, 3.63) is 0 Å². The molecule has 0 saturated carbocycles. The van der Waals surface area contributed by atoms with Crippen LogP contribution in [0.2, 0.25) is 0 Å². The molecular weight excluding hydrogens is 169 g/mol. The fourth-order valence-corrected chi connectivity index (χ4v) is 1.54. The molecule has 0 saturated heterocycles. The van der Waals surface area contributed by atoms with Crippen LogP contribution in [-0.2, 0) is 4.74 Å². The Bertz CT molecular complexity index is 141. The molecule has 0 aromatic rings. The highest BCUT2D eigenvalue weighted by Gasteiger charge is 2.37. The molecule has 3 heteroatoms. The number of methoxy groups -OCH3 is 1. The van der Waals surface area contributed by atoms with Crippen LogP contribution < -0.4 is 5.73 Å². The van der Waals surface area contributed by atoms with Gasteiger partial charge >= 0.3 is 0 Å². The second-order valence-corrected chi connectivity index (χ2v) is 3.97. The normalized spacial score (nSPS) is 18.7. The Kier molecular flexibility index (Phi) is 5.49. The Morgan fingerprint density at radius 3 is 2.23 bits per heavy atom. The lowest BCUT2D eigenvalue weighted by atomic mass is 9.80. The highest BCUT2D eigenvalue weighted by atomic mass is 19.1. The fraction of sp³-hybridized carbons (Fsp3) is 1.00. The summed E-state index contributed by atoms with van der Waals surface area (Å²) in [7, 11) is 1.63.